The Hall–Kier alpha value is -2.64. The summed E-state index contributed by atoms with van der Waals surface area (Å²) in [6, 6.07) is 3.49. The van der Waals surface area contributed by atoms with Gasteiger partial charge in [0.15, 0.2) is 0 Å². The van der Waals surface area contributed by atoms with Crippen LogP contribution in [-0.2, 0) is 13.1 Å². The number of rotatable bonds is 2. The van der Waals surface area contributed by atoms with Gasteiger partial charge in [-0.25, -0.2) is 4.98 Å². The lowest BCUT2D eigenvalue weighted by atomic mass is 10.2. The molecule has 0 unspecified atom stereocenters. The summed E-state index contributed by atoms with van der Waals surface area (Å²) in [5, 5.41) is 14.9. The molecule has 1 aliphatic heterocycles. The van der Waals surface area contributed by atoms with Crippen LogP contribution in [0, 0.1) is 10.1 Å². The Morgan fingerprint density at radius 3 is 3.00 bits per heavy atom. The molecule has 0 spiro atoms. The molecule has 2 N–H and O–H groups in total. The summed E-state index contributed by atoms with van der Waals surface area (Å²) in [6.07, 6.45) is 2.97. The van der Waals surface area contributed by atoms with E-state index in [-0.39, 0.29) is 11.4 Å². The van der Waals surface area contributed by atoms with Gasteiger partial charge in [0.05, 0.1) is 23.7 Å². The van der Waals surface area contributed by atoms with Gasteiger partial charge in [-0.3, -0.25) is 14.8 Å². The fourth-order valence-corrected chi connectivity index (χ4v) is 2.16. The summed E-state index contributed by atoms with van der Waals surface area (Å²) in [7, 11) is 0. The highest BCUT2D eigenvalue weighted by Crippen LogP contribution is 2.26. The maximum absolute atomic E-state index is 10.7. The molecular formula is C11H12N6O2. The molecule has 0 saturated carbocycles. The third-order valence-corrected chi connectivity index (χ3v) is 3.16. The quantitative estimate of drug-likeness (QED) is 0.632. The zero-order valence-corrected chi connectivity index (χ0v) is 10.1. The molecule has 1 aliphatic rings. The Morgan fingerprint density at radius 1 is 1.42 bits per heavy atom. The molecule has 0 aromatic carbocycles. The van der Waals surface area contributed by atoms with Gasteiger partial charge in [0.25, 0.3) is 0 Å². The molecule has 0 radical (unpaired) electrons. The molecule has 19 heavy (non-hydrogen) atoms. The summed E-state index contributed by atoms with van der Waals surface area (Å²) in [5.74, 6) is 0.649. The number of anilines is 2. The second-order valence-corrected chi connectivity index (χ2v) is 4.33. The van der Waals surface area contributed by atoms with Crippen LogP contribution in [0.5, 0.6) is 0 Å². The molecule has 0 fully saturated rings. The first-order chi connectivity index (χ1) is 9.15. The summed E-state index contributed by atoms with van der Waals surface area (Å²) >= 11 is 0. The van der Waals surface area contributed by atoms with Crippen LogP contribution in [0.25, 0.3) is 0 Å². The molecule has 2 aromatic heterocycles. The van der Waals surface area contributed by atoms with E-state index in [4.69, 9.17) is 5.73 Å². The van der Waals surface area contributed by atoms with Gasteiger partial charge in [-0.15, -0.1) is 0 Å². The fourth-order valence-electron chi connectivity index (χ4n) is 2.16. The minimum atomic E-state index is -0.530. The van der Waals surface area contributed by atoms with Crippen LogP contribution in [0.1, 0.15) is 5.69 Å². The molecule has 0 saturated heterocycles. The van der Waals surface area contributed by atoms with Gasteiger partial charge in [-0.05, 0) is 6.07 Å². The summed E-state index contributed by atoms with van der Waals surface area (Å²) in [6.45, 7) is 2.18. The number of hydrogen-bond acceptors (Lipinski definition) is 6. The third-order valence-electron chi connectivity index (χ3n) is 3.16. The molecule has 0 aliphatic carbocycles. The highest BCUT2D eigenvalue weighted by molar-refractivity contribution is 5.62. The summed E-state index contributed by atoms with van der Waals surface area (Å²) < 4.78 is 1.94. The number of fused-ring (bicyclic) bond motifs is 1. The molecular weight excluding hydrogens is 248 g/mol. The van der Waals surface area contributed by atoms with Crippen LogP contribution in [0.3, 0.4) is 0 Å². The summed E-state index contributed by atoms with van der Waals surface area (Å²) in [4.78, 5) is 16.3. The van der Waals surface area contributed by atoms with Crippen LogP contribution < -0.4 is 10.6 Å². The van der Waals surface area contributed by atoms with Crippen LogP contribution in [-0.4, -0.2) is 26.2 Å². The van der Waals surface area contributed by atoms with Gasteiger partial charge in [0, 0.05) is 18.8 Å². The average Bonchev–Trinajstić information content (AvgIpc) is 2.85. The number of nitrogens with two attached hydrogens (primary N) is 1. The Kier molecular flexibility index (Phi) is 2.55. The lowest BCUT2D eigenvalue weighted by Gasteiger charge is -2.28. The average molecular weight is 260 g/mol. The van der Waals surface area contributed by atoms with E-state index >= 15 is 0 Å². The van der Waals surface area contributed by atoms with Crippen molar-refractivity contribution < 1.29 is 4.92 Å². The van der Waals surface area contributed by atoms with E-state index in [1.54, 1.807) is 12.3 Å². The highest BCUT2D eigenvalue weighted by atomic mass is 16.6. The van der Waals surface area contributed by atoms with E-state index in [2.05, 4.69) is 10.1 Å². The highest BCUT2D eigenvalue weighted by Gasteiger charge is 2.20. The normalized spacial score (nSPS) is 14.2. The minimum Gasteiger partial charge on any atom is -0.393 e. The van der Waals surface area contributed by atoms with Gasteiger partial charge >= 0.3 is 5.69 Å². The van der Waals surface area contributed by atoms with Crippen molar-refractivity contribution in [3.63, 3.8) is 0 Å². The lowest BCUT2D eigenvalue weighted by molar-refractivity contribution is -0.384. The predicted octanol–water partition coefficient (Wildman–Crippen LogP) is 0.789. The van der Waals surface area contributed by atoms with Crippen molar-refractivity contribution in [1.82, 2.24) is 14.8 Å². The van der Waals surface area contributed by atoms with Crippen LogP contribution in [0.2, 0.25) is 0 Å². The van der Waals surface area contributed by atoms with Crippen LogP contribution in [0.15, 0.2) is 24.5 Å². The molecule has 0 bridgehead atoms. The van der Waals surface area contributed by atoms with E-state index in [0.717, 1.165) is 18.8 Å². The third kappa shape index (κ3) is 1.96. The van der Waals surface area contributed by atoms with E-state index in [1.807, 2.05) is 15.6 Å². The standard InChI is InChI=1S/C11H12N6O2/c12-9-5-11(13-6-10(9)17(18)19)15-3-4-16-8(7-15)1-2-14-16/h1-2,5-6H,3-4,7H2,(H2,12,13). The van der Waals surface area contributed by atoms with Crippen molar-refractivity contribution in [2.75, 3.05) is 17.2 Å². The molecule has 98 valence electrons. The van der Waals surface area contributed by atoms with E-state index < -0.39 is 4.92 Å². The molecule has 8 nitrogen and oxygen atoms in total. The largest absolute Gasteiger partial charge is 0.393 e. The number of nitrogen functional groups attached to an aromatic ring is 1. The molecule has 2 aromatic rings. The molecule has 0 amide bonds. The van der Waals surface area contributed by atoms with Gasteiger partial charge in [-0.1, -0.05) is 0 Å². The van der Waals surface area contributed by atoms with Crippen molar-refractivity contribution in [2.24, 2.45) is 0 Å². The van der Waals surface area contributed by atoms with E-state index in [1.165, 1.54) is 6.20 Å². The van der Waals surface area contributed by atoms with E-state index in [9.17, 15) is 10.1 Å². The monoisotopic (exact) mass is 260 g/mol. The molecule has 3 rings (SSSR count). The Labute approximate surface area is 108 Å². The Morgan fingerprint density at radius 2 is 2.26 bits per heavy atom. The van der Waals surface area contributed by atoms with Crippen LogP contribution >= 0.6 is 0 Å². The van der Waals surface area contributed by atoms with Gasteiger partial charge in [0.1, 0.15) is 17.7 Å². The second kappa shape index (κ2) is 4.23. The van der Waals surface area contributed by atoms with Crippen LogP contribution in [0.4, 0.5) is 17.2 Å². The zero-order valence-electron chi connectivity index (χ0n) is 10.1. The minimum absolute atomic E-state index is 0.133. The fraction of sp³-hybridized carbons (Fsp3) is 0.273. The van der Waals surface area contributed by atoms with Crippen molar-refractivity contribution in [3.8, 4) is 0 Å². The van der Waals surface area contributed by atoms with Crippen molar-refractivity contribution in [2.45, 2.75) is 13.1 Å². The number of hydrogen-bond donors (Lipinski definition) is 1. The first-order valence-corrected chi connectivity index (χ1v) is 5.80. The summed E-state index contributed by atoms with van der Waals surface area (Å²) in [5.41, 5.74) is 6.74. The van der Waals surface area contributed by atoms with Crippen molar-refractivity contribution >= 4 is 17.2 Å². The topological polar surface area (TPSA) is 103 Å². The first-order valence-electron chi connectivity index (χ1n) is 5.80. The molecule has 0 atom stereocenters. The van der Waals surface area contributed by atoms with Gasteiger partial charge in [-0.2, -0.15) is 5.10 Å². The lowest BCUT2D eigenvalue weighted by Crippen LogP contribution is -2.34. The first kappa shape index (κ1) is 11.5. The Bertz CT molecular complexity index is 638. The van der Waals surface area contributed by atoms with E-state index in [0.29, 0.717) is 12.4 Å². The predicted molar refractivity (Wildman–Crippen MR) is 68.6 cm³/mol. The molecule has 3 heterocycles. The number of nitro groups is 1. The smallest absolute Gasteiger partial charge is 0.310 e. The number of nitrogens with zero attached hydrogens (tertiary/aromatic N) is 5. The van der Waals surface area contributed by atoms with Crippen molar-refractivity contribution in [3.05, 3.63) is 40.3 Å². The maximum atomic E-state index is 10.7. The van der Waals surface area contributed by atoms with Gasteiger partial charge < -0.3 is 10.6 Å². The second-order valence-electron chi connectivity index (χ2n) is 4.33. The number of pyridine rings is 1. The maximum Gasteiger partial charge on any atom is 0.310 e. The van der Waals surface area contributed by atoms with Crippen molar-refractivity contribution in [1.29, 1.82) is 0 Å². The number of aromatic nitrogens is 3. The van der Waals surface area contributed by atoms with Gasteiger partial charge in [0.2, 0.25) is 0 Å². The zero-order chi connectivity index (χ0) is 13.4. The Balaban J connectivity index is 1.88. The molecule has 8 heteroatoms. The SMILES string of the molecule is Nc1cc(N2CCn3nccc3C2)ncc1[N+](=O)[O-].